The van der Waals surface area contributed by atoms with Crippen molar-refractivity contribution < 1.29 is 52.4 Å². The quantitative estimate of drug-likeness (QED) is 0.210. The molecule has 3 aromatic carbocycles. The van der Waals surface area contributed by atoms with Crippen molar-refractivity contribution in [3.05, 3.63) is 108 Å². The highest BCUT2D eigenvalue weighted by Gasteiger charge is 2.84. The van der Waals surface area contributed by atoms with E-state index >= 15 is 0 Å². The monoisotopic (exact) mass is 698 g/mol. The van der Waals surface area contributed by atoms with E-state index in [0.29, 0.717) is 0 Å². The summed E-state index contributed by atoms with van der Waals surface area (Å²) >= 11 is 0. The van der Waals surface area contributed by atoms with Crippen LogP contribution in [0.25, 0.3) is 0 Å². The summed E-state index contributed by atoms with van der Waals surface area (Å²) in [7, 11) is 0. The van der Waals surface area contributed by atoms with Crippen LogP contribution in [0.4, 0.5) is 0 Å². The second-order valence-electron chi connectivity index (χ2n) is 14.2. The van der Waals surface area contributed by atoms with Crippen LogP contribution in [-0.2, 0) is 38.0 Å². The van der Waals surface area contributed by atoms with Crippen molar-refractivity contribution in [3.8, 4) is 0 Å². The molecule has 2 saturated carbocycles. The fourth-order valence-corrected chi connectivity index (χ4v) is 8.72. The summed E-state index contributed by atoms with van der Waals surface area (Å²) < 4.78 is 38.3. The van der Waals surface area contributed by atoms with Crippen LogP contribution in [0.1, 0.15) is 79.0 Å². The zero-order valence-electron chi connectivity index (χ0n) is 29.4. The van der Waals surface area contributed by atoms with Gasteiger partial charge in [0.25, 0.3) is 0 Å². The van der Waals surface area contributed by atoms with Crippen molar-refractivity contribution >= 4 is 29.8 Å². The van der Waals surface area contributed by atoms with Gasteiger partial charge in [-0.05, 0) is 69.5 Å². The first-order valence-corrected chi connectivity index (χ1v) is 17.0. The Balaban J connectivity index is 1.59. The standard InChI is InChI=1S/C40H42O11/c1-23-22-29(48-35(43)26-16-10-7-11-17-26)32(49-36(44)27-18-12-8-13-19-27)39(6)34(50-37(45)28-20-14-9-15-21-28)31(46-24(2)41)30-33(47-25(3)42)40(23,39)51-38(30,4)5/h7-21,23,29-34H,22H2,1-6H3/t23-,29+,30-,31-,32+,33-,34-,39+,40-/m1/s1. The van der Waals surface area contributed by atoms with Crippen molar-refractivity contribution in [2.24, 2.45) is 17.3 Å². The number of hydrogen-bond donors (Lipinski definition) is 0. The molecule has 3 aromatic rings. The summed E-state index contributed by atoms with van der Waals surface area (Å²) in [5.74, 6) is -4.84. The highest BCUT2D eigenvalue weighted by atomic mass is 16.6. The normalized spacial score (nSPS) is 31.7. The van der Waals surface area contributed by atoms with Crippen LogP contribution < -0.4 is 0 Å². The molecule has 51 heavy (non-hydrogen) atoms. The maximum absolute atomic E-state index is 14.0. The van der Waals surface area contributed by atoms with Crippen molar-refractivity contribution in [3.63, 3.8) is 0 Å². The van der Waals surface area contributed by atoms with Crippen LogP contribution in [0.3, 0.4) is 0 Å². The van der Waals surface area contributed by atoms with Crippen molar-refractivity contribution in [2.45, 2.75) is 89.7 Å². The Morgan fingerprint density at radius 3 is 1.47 bits per heavy atom. The molecule has 2 aliphatic carbocycles. The topological polar surface area (TPSA) is 141 Å². The molecule has 3 aliphatic rings. The van der Waals surface area contributed by atoms with E-state index in [1.54, 1.807) is 112 Å². The number of benzene rings is 3. The predicted molar refractivity (Wildman–Crippen MR) is 181 cm³/mol. The SMILES string of the molecule is CC(=O)O[C@@H]1[C@@H]2[C@@H](OC(C)=O)[C@]3(OC2(C)C)[C@H](C)C[C@H](OC(=O)c2ccccc2)[C@H](OC(=O)c2ccccc2)[C@@]3(C)[C@@H]1OC(=O)c1ccccc1. The third-order valence-electron chi connectivity index (χ3n) is 10.7. The van der Waals surface area contributed by atoms with E-state index in [1.165, 1.54) is 13.8 Å². The zero-order chi connectivity index (χ0) is 36.7. The van der Waals surface area contributed by atoms with Gasteiger partial charge in [0.2, 0.25) is 0 Å². The van der Waals surface area contributed by atoms with Crippen LogP contribution in [0.15, 0.2) is 91.0 Å². The third-order valence-corrected chi connectivity index (χ3v) is 10.7. The minimum Gasteiger partial charge on any atom is -0.459 e. The van der Waals surface area contributed by atoms with Gasteiger partial charge in [0.15, 0.2) is 12.2 Å². The van der Waals surface area contributed by atoms with E-state index < -0.39 is 88.8 Å². The van der Waals surface area contributed by atoms with Crippen molar-refractivity contribution in [2.75, 3.05) is 0 Å². The summed E-state index contributed by atoms with van der Waals surface area (Å²) in [6, 6.07) is 24.9. The molecule has 3 fully saturated rings. The molecule has 0 amide bonds. The number of fused-ring (bicyclic) bond motifs is 1. The van der Waals surface area contributed by atoms with Crippen LogP contribution in [0.5, 0.6) is 0 Å². The van der Waals surface area contributed by atoms with Crippen molar-refractivity contribution in [1.29, 1.82) is 0 Å². The van der Waals surface area contributed by atoms with E-state index in [0.717, 1.165) is 0 Å². The Bertz CT molecular complexity index is 1790. The smallest absolute Gasteiger partial charge is 0.338 e. The van der Waals surface area contributed by atoms with Gasteiger partial charge in [-0.25, -0.2) is 14.4 Å². The minimum atomic E-state index is -1.67. The zero-order valence-corrected chi connectivity index (χ0v) is 29.4. The fraction of sp³-hybridized carbons (Fsp3) is 0.425. The number of carbonyl (C=O) groups excluding carboxylic acids is 5. The van der Waals surface area contributed by atoms with Gasteiger partial charge in [-0.2, -0.15) is 0 Å². The van der Waals surface area contributed by atoms with E-state index in [9.17, 15) is 24.0 Å². The van der Waals surface area contributed by atoms with Crippen LogP contribution in [0, 0.1) is 17.3 Å². The minimum absolute atomic E-state index is 0.110. The maximum Gasteiger partial charge on any atom is 0.338 e. The lowest BCUT2D eigenvalue weighted by Crippen LogP contribution is -2.79. The third kappa shape index (κ3) is 6.17. The highest BCUT2D eigenvalue weighted by Crippen LogP contribution is 2.68. The molecular weight excluding hydrogens is 656 g/mol. The summed E-state index contributed by atoms with van der Waals surface area (Å²) in [6.07, 6.45) is -6.07. The second kappa shape index (κ2) is 13.6. The average Bonchev–Trinajstić information content (AvgIpc) is 3.30. The van der Waals surface area contributed by atoms with E-state index in [1.807, 2.05) is 6.92 Å². The Kier molecular flexibility index (Phi) is 9.54. The molecule has 268 valence electrons. The molecule has 6 rings (SSSR count). The van der Waals surface area contributed by atoms with Gasteiger partial charge in [0.05, 0.1) is 33.6 Å². The van der Waals surface area contributed by atoms with Crippen LogP contribution in [-0.4, -0.2) is 71.6 Å². The number of esters is 5. The Hall–Kier alpha value is -5.03. The first-order chi connectivity index (χ1) is 24.2. The molecule has 1 heterocycles. The number of hydrogen-bond acceptors (Lipinski definition) is 11. The van der Waals surface area contributed by atoms with E-state index in [4.69, 9.17) is 28.4 Å². The van der Waals surface area contributed by atoms with Gasteiger partial charge in [-0.15, -0.1) is 0 Å². The molecule has 11 nitrogen and oxygen atoms in total. The molecule has 1 spiro atoms. The highest BCUT2D eigenvalue weighted by molar-refractivity contribution is 5.91. The van der Waals surface area contributed by atoms with Gasteiger partial charge in [0, 0.05) is 13.8 Å². The van der Waals surface area contributed by atoms with Crippen LogP contribution in [0.2, 0.25) is 0 Å². The molecule has 0 unspecified atom stereocenters. The number of carbonyl (C=O) groups is 5. The predicted octanol–water partition coefficient (Wildman–Crippen LogP) is 5.75. The molecule has 2 bridgehead atoms. The van der Waals surface area contributed by atoms with Gasteiger partial charge in [0.1, 0.15) is 23.9 Å². The maximum atomic E-state index is 14.0. The van der Waals surface area contributed by atoms with E-state index in [-0.39, 0.29) is 23.1 Å². The first-order valence-electron chi connectivity index (χ1n) is 17.0. The van der Waals surface area contributed by atoms with Gasteiger partial charge in [-0.1, -0.05) is 61.5 Å². The van der Waals surface area contributed by atoms with Crippen molar-refractivity contribution in [1.82, 2.24) is 0 Å². The van der Waals surface area contributed by atoms with Gasteiger partial charge < -0.3 is 28.4 Å². The fourth-order valence-electron chi connectivity index (χ4n) is 8.72. The Morgan fingerprint density at radius 2 is 1.02 bits per heavy atom. The summed E-state index contributed by atoms with van der Waals surface area (Å²) in [4.78, 5) is 67.5. The average molecular weight is 699 g/mol. The van der Waals surface area contributed by atoms with Gasteiger partial charge >= 0.3 is 29.8 Å². The summed E-state index contributed by atoms with van der Waals surface area (Å²) in [6.45, 7) is 9.65. The molecular formula is C40H42O11. The molecule has 0 aromatic heterocycles. The molecule has 0 N–H and O–H groups in total. The van der Waals surface area contributed by atoms with Crippen LogP contribution >= 0.6 is 0 Å². The Labute approximate surface area is 296 Å². The second-order valence-corrected chi connectivity index (χ2v) is 14.2. The molecule has 0 radical (unpaired) electrons. The molecule has 9 atom stereocenters. The number of rotatable bonds is 8. The summed E-state index contributed by atoms with van der Waals surface area (Å²) in [5.41, 5.74) is -3.61. The molecule has 11 heteroatoms. The van der Waals surface area contributed by atoms with Gasteiger partial charge in [-0.3, -0.25) is 9.59 Å². The largest absolute Gasteiger partial charge is 0.459 e. The Morgan fingerprint density at radius 1 is 0.588 bits per heavy atom. The molecule has 1 saturated heterocycles. The lowest BCUT2D eigenvalue weighted by atomic mass is 9.47. The summed E-state index contributed by atoms with van der Waals surface area (Å²) in [5, 5.41) is 0. The lowest BCUT2D eigenvalue weighted by molar-refractivity contribution is -0.311. The first kappa shape index (κ1) is 35.8. The lowest BCUT2D eigenvalue weighted by Gasteiger charge is -2.63. The molecule has 1 aliphatic heterocycles. The number of ether oxygens (including phenoxy) is 6. The van der Waals surface area contributed by atoms with E-state index in [2.05, 4.69) is 0 Å².